The van der Waals surface area contributed by atoms with E-state index < -0.39 is 0 Å². The molecule has 0 aliphatic rings. The maximum atomic E-state index is 4.02. The molecule has 0 heterocycles. The summed E-state index contributed by atoms with van der Waals surface area (Å²) in [7, 11) is 0. The summed E-state index contributed by atoms with van der Waals surface area (Å²) in [4.78, 5) is 0. The molecule has 0 saturated heterocycles. The molecule has 0 aliphatic carbocycles. The molecule has 0 radical (unpaired) electrons. The second-order valence-electron chi connectivity index (χ2n) is 3.01. The van der Waals surface area contributed by atoms with Gasteiger partial charge in [-0.2, -0.15) is 0 Å². The van der Waals surface area contributed by atoms with E-state index in [1.54, 1.807) is 0 Å². The fraction of sp³-hybridized carbons (Fsp3) is 0. The van der Waals surface area contributed by atoms with Crippen molar-refractivity contribution in [3.8, 4) is 0 Å². The van der Waals surface area contributed by atoms with Crippen LogP contribution >= 0.6 is 0 Å². The van der Waals surface area contributed by atoms with Gasteiger partial charge in [-0.3, -0.25) is 5.43 Å². The molecule has 0 aromatic heterocycles. The highest BCUT2D eigenvalue weighted by molar-refractivity contribution is 5.41. The minimum atomic E-state index is 0.834. The largest absolute Gasteiger partial charge is 0.260 e. The zero-order valence-corrected chi connectivity index (χ0v) is 8.17. The van der Waals surface area contributed by atoms with Crippen molar-refractivity contribution in [3.05, 3.63) is 60.7 Å². The van der Waals surface area contributed by atoms with E-state index in [1.165, 1.54) is 0 Å². The van der Waals surface area contributed by atoms with Crippen molar-refractivity contribution < 1.29 is 0 Å². The van der Waals surface area contributed by atoms with Crippen LogP contribution in [0.25, 0.3) is 0 Å². The van der Waals surface area contributed by atoms with Crippen molar-refractivity contribution in [2.45, 2.75) is 0 Å². The lowest BCUT2D eigenvalue weighted by atomic mass is 10.3. The van der Waals surface area contributed by atoms with Crippen LogP contribution in [0.2, 0.25) is 0 Å². The number of hydrogen-bond donors (Lipinski definition) is 1. The van der Waals surface area contributed by atoms with Crippen molar-refractivity contribution in [2.75, 3.05) is 5.43 Å². The molecule has 2 aromatic rings. The molecule has 0 saturated carbocycles. The molecule has 3 heteroatoms. The lowest BCUT2D eigenvalue weighted by Gasteiger charge is -1.96. The van der Waals surface area contributed by atoms with Crippen molar-refractivity contribution >= 4 is 11.4 Å². The summed E-state index contributed by atoms with van der Waals surface area (Å²) in [5, 5.41) is 7.90. The van der Waals surface area contributed by atoms with Gasteiger partial charge in [0, 0.05) is 0 Å². The highest BCUT2D eigenvalue weighted by Gasteiger charge is 1.86. The highest BCUT2D eigenvalue weighted by atomic mass is 16.0. The van der Waals surface area contributed by atoms with E-state index in [9.17, 15) is 0 Å². The Morgan fingerprint density at radius 1 is 0.733 bits per heavy atom. The molecule has 0 fully saturated rings. The lowest BCUT2D eigenvalue weighted by Crippen LogP contribution is -1.84. The average Bonchev–Trinajstić information content (AvgIpc) is 2.32. The standard InChI is InChI=1S/C12H11N3/c1-3-7-11(8-4-1)13-15-14-12-9-5-2-6-10-12/h1-10H,(H,13,14)/i13+1,14+1. The van der Waals surface area contributed by atoms with Gasteiger partial charge in [0.05, 0.1) is 11.4 Å². The first-order chi connectivity index (χ1) is 7.45. The van der Waals surface area contributed by atoms with Crippen molar-refractivity contribution in [3.63, 3.8) is 0 Å². The molecular formula is C12H11N3. The summed E-state index contributed by atoms with van der Waals surface area (Å²) in [6.07, 6.45) is 0. The van der Waals surface area contributed by atoms with Gasteiger partial charge in [0.1, 0.15) is 0 Å². The first-order valence-electron chi connectivity index (χ1n) is 4.72. The Balaban J connectivity index is 1.97. The van der Waals surface area contributed by atoms with E-state index in [0.717, 1.165) is 11.4 Å². The van der Waals surface area contributed by atoms with E-state index in [1.807, 2.05) is 60.7 Å². The fourth-order valence-corrected chi connectivity index (χ4v) is 1.15. The summed E-state index contributed by atoms with van der Waals surface area (Å²) >= 11 is 0. The summed E-state index contributed by atoms with van der Waals surface area (Å²) in [6, 6.07) is 19.3. The summed E-state index contributed by atoms with van der Waals surface area (Å²) in [6.45, 7) is 0. The molecular weight excluding hydrogens is 188 g/mol. The maximum absolute atomic E-state index is 4.02. The minimum absolute atomic E-state index is 0.834. The van der Waals surface area contributed by atoms with Crippen LogP contribution in [0.1, 0.15) is 0 Å². The SMILES string of the molecule is c1ccc([15N]=N[15NH]c2ccccc2)cc1. The molecule has 0 aliphatic heterocycles. The highest BCUT2D eigenvalue weighted by Crippen LogP contribution is 2.11. The number of rotatable bonds is 3. The van der Waals surface area contributed by atoms with Crippen LogP contribution in [0.15, 0.2) is 71.0 Å². The molecule has 0 amide bonds. The van der Waals surface area contributed by atoms with Crippen LogP contribution in [-0.4, -0.2) is 0 Å². The smallest absolute Gasteiger partial charge is 0.0874 e. The van der Waals surface area contributed by atoms with Gasteiger partial charge in [-0.25, -0.2) is 0 Å². The van der Waals surface area contributed by atoms with Crippen LogP contribution in [0.3, 0.4) is 0 Å². The maximum Gasteiger partial charge on any atom is 0.0874 e. The Kier molecular flexibility index (Phi) is 3.07. The molecule has 0 unspecified atom stereocenters. The van der Waals surface area contributed by atoms with Gasteiger partial charge >= 0.3 is 0 Å². The summed E-state index contributed by atoms with van der Waals surface area (Å²) in [5.41, 5.74) is 4.61. The van der Waals surface area contributed by atoms with Crippen LogP contribution < -0.4 is 5.43 Å². The lowest BCUT2D eigenvalue weighted by molar-refractivity contribution is 1.13. The van der Waals surface area contributed by atoms with E-state index >= 15 is 0 Å². The van der Waals surface area contributed by atoms with Gasteiger partial charge in [0.25, 0.3) is 0 Å². The van der Waals surface area contributed by atoms with Gasteiger partial charge in [-0.15, -0.1) is 5.11 Å². The molecule has 2 aromatic carbocycles. The first kappa shape index (κ1) is 9.40. The Morgan fingerprint density at radius 2 is 1.33 bits per heavy atom. The number of nitrogens with one attached hydrogen (secondary N) is 1. The number of para-hydroxylation sites is 1. The minimum Gasteiger partial charge on any atom is -0.260 e. The quantitative estimate of drug-likeness (QED) is 0.455. The Morgan fingerprint density at radius 3 is 2.00 bits per heavy atom. The molecule has 1 N–H and O–H groups in total. The Bertz CT molecular complexity index is 423. The molecule has 74 valence electrons. The van der Waals surface area contributed by atoms with Gasteiger partial charge < -0.3 is 0 Å². The van der Waals surface area contributed by atoms with E-state index in [0.29, 0.717) is 0 Å². The number of benzene rings is 2. The van der Waals surface area contributed by atoms with Crippen molar-refractivity contribution in [1.82, 2.24) is 0 Å². The van der Waals surface area contributed by atoms with Crippen LogP contribution in [0, 0.1) is 0 Å². The number of nitrogens with zero attached hydrogens (tertiary/aromatic N) is 2. The fourth-order valence-electron chi connectivity index (χ4n) is 1.15. The zero-order chi connectivity index (χ0) is 10.3. The topological polar surface area (TPSA) is 36.8 Å². The zero-order valence-electron chi connectivity index (χ0n) is 8.17. The number of anilines is 1. The average molecular weight is 199 g/mol. The Hall–Kier alpha value is -2.16. The summed E-state index contributed by atoms with van der Waals surface area (Å²) < 4.78 is 0. The van der Waals surface area contributed by atoms with E-state index in [4.69, 9.17) is 0 Å². The third-order valence-corrected chi connectivity index (χ3v) is 1.87. The van der Waals surface area contributed by atoms with Gasteiger partial charge in [0.15, 0.2) is 0 Å². The molecule has 0 spiro atoms. The van der Waals surface area contributed by atoms with Gasteiger partial charge in [0.2, 0.25) is 0 Å². The normalized spacial score (nSPS) is 10.4. The second kappa shape index (κ2) is 4.91. The van der Waals surface area contributed by atoms with Crippen molar-refractivity contribution in [1.29, 1.82) is 0 Å². The van der Waals surface area contributed by atoms with Crippen LogP contribution in [0.4, 0.5) is 11.4 Å². The second-order valence-corrected chi connectivity index (χ2v) is 3.01. The first-order valence-corrected chi connectivity index (χ1v) is 4.72. The van der Waals surface area contributed by atoms with Crippen LogP contribution in [0.5, 0.6) is 0 Å². The molecule has 15 heavy (non-hydrogen) atoms. The molecule has 2 rings (SSSR count). The van der Waals surface area contributed by atoms with Gasteiger partial charge in [-0.1, -0.05) is 41.6 Å². The predicted molar refractivity (Wildman–Crippen MR) is 61.0 cm³/mol. The van der Waals surface area contributed by atoms with Crippen LogP contribution in [-0.2, 0) is 0 Å². The third kappa shape index (κ3) is 2.91. The van der Waals surface area contributed by atoms with E-state index in [2.05, 4.69) is 15.8 Å². The van der Waals surface area contributed by atoms with Gasteiger partial charge in [-0.05, 0) is 24.3 Å². The van der Waals surface area contributed by atoms with Crippen molar-refractivity contribution in [2.24, 2.45) is 10.3 Å². The predicted octanol–water partition coefficient (Wildman–Crippen LogP) is 3.80. The number of hydrogen-bond acceptors (Lipinski definition) is 2. The van der Waals surface area contributed by atoms with E-state index in [-0.39, 0.29) is 0 Å². The molecule has 0 atom stereocenters. The Labute approximate surface area is 88.5 Å². The molecule has 0 bridgehead atoms. The third-order valence-electron chi connectivity index (χ3n) is 1.87. The monoisotopic (exact) mass is 199 g/mol. The molecule has 3 nitrogen and oxygen atoms in total. The summed E-state index contributed by atoms with van der Waals surface area (Å²) in [5.74, 6) is 0.